The van der Waals surface area contributed by atoms with Crippen LogP contribution in [0, 0.1) is 0 Å². The molecule has 0 bridgehead atoms. The maximum Gasteiger partial charge on any atom is 0.142 e. The highest BCUT2D eigenvalue weighted by atomic mass is 35.5. The van der Waals surface area contributed by atoms with Crippen molar-refractivity contribution in [3.63, 3.8) is 0 Å². The van der Waals surface area contributed by atoms with Crippen molar-refractivity contribution in [2.45, 2.75) is 33.2 Å². The lowest BCUT2D eigenvalue weighted by Gasteiger charge is -2.16. The number of halogens is 2. The van der Waals surface area contributed by atoms with Crippen LogP contribution in [0.1, 0.15) is 25.1 Å². The summed E-state index contributed by atoms with van der Waals surface area (Å²) in [5.41, 5.74) is 5.37. The third-order valence-electron chi connectivity index (χ3n) is 6.45. The number of hydrogen-bond donors (Lipinski definition) is 2. The molecule has 0 aliphatic heterocycles. The Morgan fingerprint density at radius 3 is 2.88 bits per heavy atom. The molecule has 1 aliphatic rings. The van der Waals surface area contributed by atoms with Gasteiger partial charge in [0.25, 0.3) is 0 Å². The Hall–Kier alpha value is -2.92. The number of benzene rings is 1. The molecule has 11 heteroatoms. The van der Waals surface area contributed by atoms with Gasteiger partial charge in [-0.05, 0) is 62.3 Å². The summed E-state index contributed by atoms with van der Waals surface area (Å²) < 4.78 is 20.3. The molecule has 0 spiro atoms. The number of thiophene rings is 1. The van der Waals surface area contributed by atoms with Crippen molar-refractivity contribution in [3.05, 3.63) is 71.3 Å². The molecular weight excluding hydrogens is 579 g/mol. The number of nitrogens with zero attached hydrogens (tertiary/aromatic N) is 4. The summed E-state index contributed by atoms with van der Waals surface area (Å²) in [4.78, 5) is 11.3. The van der Waals surface area contributed by atoms with Crippen molar-refractivity contribution in [1.82, 2.24) is 25.1 Å². The van der Waals surface area contributed by atoms with Crippen molar-refractivity contribution >= 4 is 56.4 Å². The predicted molar refractivity (Wildman–Crippen MR) is 173 cm³/mol. The van der Waals surface area contributed by atoms with Gasteiger partial charge in [0.1, 0.15) is 36.0 Å². The lowest BCUT2D eigenvalue weighted by atomic mass is 9.95. The largest absolute Gasteiger partial charge is 0.488 e. The van der Waals surface area contributed by atoms with E-state index >= 15 is 0 Å². The zero-order valence-electron chi connectivity index (χ0n) is 23.7. The summed E-state index contributed by atoms with van der Waals surface area (Å²) in [6.45, 7) is 9.64. The van der Waals surface area contributed by atoms with Crippen molar-refractivity contribution in [2.24, 2.45) is 0 Å². The van der Waals surface area contributed by atoms with E-state index in [9.17, 15) is 4.39 Å². The monoisotopic (exact) mass is 614 g/mol. The number of ether oxygens (including phenoxy) is 1. The number of alkyl halides is 1. The molecule has 218 valence electrons. The number of allylic oxidation sites excluding steroid dienone is 2. The first-order valence-corrected chi connectivity index (χ1v) is 16.1. The van der Waals surface area contributed by atoms with E-state index in [-0.39, 0.29) is 6.61 Å². The molecule has 3 aromatic heterocycles. The minimum atomic E-state index is -0.509. The van der Waals surface area contributed by atoms with Crippen molar-refractivity contribution in [3.8, 4) is 16.2 Å². The van der Waals surface area contributed by atoms with Gasteiger partial charge in [-0.15, -0.1) is 17.9 Å². The molecule has 3 heterocycles. The molecule has 7 nitrogen and oxygen atoms in total. The molecule has 1 aromatic carbocycles. The molecule has 0 fully saturated rings. The molecule has 41 heavy (non-hydrogen) atoms. The lowest BCUT2D eigenvalue weighted by molar-refractivity contribution is 0.351. The van der Waals surface area contributed by atoms with Crippen LogP contribution in [-0.4, -0.2) is 58.1 Å². The van der Waals surface area contributed by atoms with E-state index in [2.05, 4.69) is 38.1 Å². The Morgan fingerprint density at radius 1 is 1.29 bits per heavy atom. The predicted octanol–water partition coefficient (Wildman–Crippen LogP) is 7.49. The summed E-state index contributed by atoms with van der Waals surface area (Å²) >= 11 is 10.0. The quantitative estimate of drug-likeness (QED) is 0.126. The van der Waals surface area contributed by atoms with Gasteiger partial charge in [0.2, 0.25) is 0 Å². The van der Waals surface area contributed by atoms with Crippen molar-refractivity contribution < 1.29 is 9.13 Å². The number of nitrogens with one attached hydrogen (secondary N) is 2. The smallest absolute Gasteiger partial charge is 0.142 e. The van der Waals surface area contributed by atoms with Crippen molar-refractivity contribution in [1.29, 1.82) is 0 Å². The Kier molecular flexibility index (Phi) is 11.6. The molecule has 0 amide bonds. The minimum Gasteiger partial charge on any atom is -0.488 e. The van der Waals surface area contributed by atoms with Gasteiger partial charge < -0.3 is 15.4 Å². The van der Waals surface area contributed by atoms with Crippen LogP contribution in [0.5, 0.6) is 5.75 Å². The Labute approximate surface area is 254 Å². The van der Waals surface area contributed by atoms with E-state index < -0.39 is 6.67 Å². The van der Waals surface area contributed by atoms with E-state index in [1.54, 1.807) is 23.7 Å². The molecule has 2 N–H and O–H groups in total. The standard InChI is InChI=1S/C27H30ClFN6OS2.C3H6/c1-17(7-8-29)15-36-23-6-3-18(13-21(23)28)34-26-24-19-4-5-22-20(25(19)38-27(24)32-16-31-26)14-33-35(22)11-9-30-10-12-37-2;1-3-2/h3,6-7,13-14,16,30H,4-5,8-12,15H2,1-2H3,(H,31,32,34);3H,1H2,2H3/b17-7+;. The van der Waals surface area contributed by atoms with Crippen LogP contribution in [0.15, 0.2) is 55.0 Å². The van der Waals surface area contributed by atoms with E-state index in [1.807, 2.05) is 50.0 Å². The summed E-state index contributed by atoms with van der Waals surface area (Å²) in [7, 11) is 0. The average Bonchev–Trinajstić information content (AvgIpc) is 3.55. The summed E-state index contributed by atoms with van der Waals surface area (Å²) in [6, 6.07) is 5.52. The second-order valence-electron chi connectivity index (χ2n) is 9.45. The number of rotatable bonds is 12. The maximum absolute atomic E-state index is 12.5. The van der Waals surface area contributed by atoms with Gasteiger partial charge in [0, 0.05) is 40.7 Å². The summed E-state index contributed by atoms with van der Waals surface area (Å²) in [5, 5.41) is 13.2. The van der Waals surface area contributed by atoms with E-state index in [1.165, 1.54) is 27.8 Å². The average molecular weight is 615 g/mol. The third-order valence-corrected chi connectivity index (χ3v) is 8.53. The molecule has 1 aliphatic carbocycles. The van der Waals surface area contributed by atoms with Crippen LogP contribution in [0.2, 0.25) is 5.02 Å². The minimum absolute atomic E-state index is 0.289. The molecule has 0 unspecified atom stereocenters. The van der Waals surface area contributed by atoms with Crippen LogP contribution in [0.4, 0.5) is 15.9 Å². The van der Waals surface area contributed by atoms with Gasteiger partial charge in [-0.2, -0.15) is 16.9 Å². The molecule has 0 radical (unpaired) electrons. The van der Waals surface area contributed by atoms with Gasteiger partial charge in [-0.1, -0.05) is 23.8 Å². The first-order chi connectivity index (χ1) is 20.0. The highest BCUT2D eigenvalue weighted by Gasteiger charge is 2.27. The number of aryl methyl sites for hydroxylation is 1. The van der Waals surface area contributed by atoms with E-state index in [0.29, 0.717) is 10.8 Å². The van der Waals surface area contributed by atoms with Crippen LogP contribution >= 0.6 is 34.7 Å². The molecular formula is C30H36ClFN6OS2. The number of thioether (sulfide) groups is 1. The van der Waals surface area contributed by atoms with E-state index in [0.717, 1.165) is 65.5 Å². The fraction of sp³-hybridized carbons (Fsp3) is 0.367. The van der Waals surface area contributed by atoms with Crippen LogP contribution in [0.3, 0.4) is 0 Å². The summed E-state index contributed by atoms with van der Waals surface area (Å²) in [6.07, 6.45) is 10.8. The fourth-order valence-electron chi connectivity index (χ4n) is 4.54. The van der Waals surface area contributed by atoms with Crippen LogP contribution in [0.25, 0.3) is 20.7 Å². The van der Waals surface area contributed by atoms with Gasteiger partial charge in [0.05, 0.1) is 23.2 Å². The van der Waals surface area contributed by atoms with Gasteiger partial charge in [-0.3, -0.25) is 4.68 Å². The number of aromatic nitrogens is 4. The highest BCUT2D eigenvalue weighted by molar-refractivity contribution is 7.98. The maximum atomic E-state index is 12.5. The number of fused-ring (bicyclic) bond motifs is 5. The summed E-state index contributed by atoms with van der Waals surface area (Å²) in [5.74, 6) is 2.42. The zero-order valence-corrected chi connectivity index (χ0v) is 26.1. The first kappa shape index (κ1) is 31.0. The highest BCUT2D eigenvalue weighted by Crippen LogP contribution is 2.45. The van der Waals surface area contributed by atoms with Crippen molar-refractivity contribution in [2.75, 3.05) is 43.7 Å². The zero-order chi connectivity index (χ0) is 29.2. The Balaban J connectivity index is 0.00000124. The third kappa shape index (κ3) is 7.68. The van der Waals surface area contributed by atoms with Gasteiger partial charge in [-0.25, -0.2) is 14.4 Å². The molecule has 4 aromatic rings. The lowest BCUT2D eigenvalue weighted by Crippen LogP contribution is -2.24. The topological polar surface area (TPSA) is 76.9 Å². The fourth-order valence-corrected chi connectivity index (χ4v) is 6.35. The number of hydrogen-bond acceptors (Lipinski definition) is 8. The normalized spacial score (nSPS) is 12.4. The Morgan fingerprint density at radius 2 is 2.12 bits per heavy atom. The van der Waals surface area contributed by atoms with Crippen LogP contribution < -0.4 is 15.4 Å². The van der Waals surface area contributed by atoms with Gasteiger partial charge >= 0.3 is 0 Å². The molecule has 0 saturated heterocycles. The van der Waals surface area contributed by atoms with Gasteiger partial charge in [0.15, 0.2) is 0 Å². The van der Waals surface area contributed by atoms with Crippen LogP contribution in [-0.2, 0) is 19.4 Å². The molecule has 0 saturated carbocycles. The SMILES string of the molecule is C=CC.CSCCNCCn1ncc2c1CCc1c-2sc2ncnc(Nc3ccc(OC/C(C)=C/CF)c(Cl)c3)c12. The number of anilines is 2. The second kappa shape index (κ2) is 15.3. The first-order valence-electron chi connectivity index (χ1n) is 13.5. The Bertz CT molecular complexity index is 1500. The molecule has 5 rings (SSSR count). The molecule has 0 atom stereocenters. The van der Waals surface area contributed by atoms with E-state index in [4.69, 9.17) is 21.4 Å². The second-order valence-corrected chi connectivity index (χ2v) is 11.8.